The van der Waals surface area contributed by atoms with Gasteiger partial charge in [0.1, 0.15) is 5.75 Å². The van der Waals surface area contributed by atoms with Crippen molar-refractivity contribution in [2.24, 2.45) is 5.92 Å². The molecular weight excluding hydrogens is 240 g/mol. The number of hydrogen-bond acceptors (Lipinski definition) is 2. The van der Waals surface area contributed by atoms with Gasteiger partial charge in [0, 0.05) is 6.08 Å². The molecule has 1 rings (SSSR count). The fourth-order valence-electron chi connectivity index (χ4n) is 2.37. The van der Waals surface area contributed by atoms with Crippen LogP contribution in [0.3, 0.4) is 0 Å². The molecule has 1 N–H and O–H groups in total. The molecule has 0 saturated carbocycles. The lowest BCUT2D eigenvalue weighted by Crippen LogP contribution is -2.01. The van der Waals surface area contributed by atoms with Crippen LogP contribution in [0, 0.1) is 19.8 Å². The van der Waals surface area contributed by atoms with Gasteiger partial charge < -0.3 is 9.84 Å². The maximum atomic E-state index is 11.0. The van der Waals surface area contributed by atoms with Gasteiger partial charge in [0.15, 0.2) is 0 Å². The topological polar surface area (TPSA) is 46.5 Å². The van der Waals surface area contributed by atoms with Crippen molar-refractivity contribution in [3.05, 3.63) is 34.9 Å². The lowest BCUT2D eigenvalue weighted by molar-refractivity contribution is -0.131. The van der Waals surface area contributed by atoms with Crippen molar-refractivity contribution in [1.29, 1.82) is 0 Å². The first-order valence-electron chi connectivity index (χ1n) is 6.44. The van der Waals surface area contributed by atoms with E-state index in [4.69, 9.17) is 9.84 Å². The van der Waals surface area contributed by atoms with E-state index in [0.29, 0.717) is 5.92 Å². The highest BCUT2D eigenvalue weighted by Gasteiger charge is 2.13. The molecule has 0 aliphatic heterocycles. The van der Waals surface area contributed by atoms with Crippen molar-refractivity contribution in [2.45, 2.75) is 34.1 Å². The summed E-state index contributed by atoms with van der Waals surface area (Å²) in [5, 5.41) is 9.04. The predicted octanol–water partition coefficient (Wildman–Crippen LogP) is 3.83. The third-order valence-electron chi connectivity index (χ3n) is 2.99. The number of ether oxygens (including phenoxy) is 1. The van der Waals surface area contributed by atoms with Crippen molar-refractivity contribution in [2.75, 3.05) is 7.11 Å². The molecule has 0 unspecified atom stereocenters. The number of hydrogen-bond donors (Lipinski definition) is 1. The molecule has 0 amide bonds. The zero-order chi connectivity index (χ0) is 14.6. The summed E-state index contributed by atoms with van der Waals surface area (Å²) < 4.78 is 5.24. The minimum atomic E-state index is -0.898. The summed E-state index contributed by atoms with van der Waals surface area (Å²) in [5.41, 5.74) is 3.99. The quantitative estimate of drug-likeness (QED) is 0.820. The first kappa shape index (κ1) is 15.3. The first-order valence-corrected chi connectivity index (χ1v) is 6.44. The fraction of sp³-hybridized carbons (Fsp3) is 0.438. The lowest BCUT2D eigenvalue weighted by atomic mass is 9.89. The number of allylic oxidation sites excluding steroid dienone is 1. The number of aryl methyl sites for hydroxylation is 2. The normalized spacial score (nSPS) is 11.8. The minimum Gasteiger partial charge on any atom is -0.497 e. The second-order valence-corrected chi connectivity index (χ2v) is 5.24. The Kier molecular flexibility index (Phi) is 5.16. The van der Waals surface area contributed by atoms with Crippen LogP contribution in [0.4, 0.5) is 0 Å². The van der Waals surface area contributed by atoms with E-state index in [1.54, 1.807) is 7.11 Å². The number of aliphatic carboxylic acids is 1. The number of carboxylic acids is 1. The summed E-state index contributed by atoms with van der Waals surface area (Å²) in [6, 6.07) is 3.89. The first-order chi connectivity index (χ1) is 8.85. The predicted molar refractivity (Wildman–Crippen MR) is 77.5 cm³/mol. The van der Waals surface area contributed by atoms with Gasteiger partial charge in [0.05, 0.1) is 7.11 Å². The van der Waals surface area contributed by atoms with Crippen LogP contribution in [0.15, 0.2) is 18.2 Å². The van der Waals surface area contributed by atoms with Gasteiger partial charge in [-0.3, -0.25) is 0 Å². The number of methoxy groups -OCH3 is 1. The van der Waals surface area contributed by atoms with E-state index < -0.39 is 5.97 Å². The van der Waals surface area contributed by atoms with Crippen LogP contribution in [0.1, 0.15) is 37.0 Å². The molecule has 0 aliphatic rings. The van der Waals surface area contributed by atoms with Crippen molar-refractivity contribution < 1.29 is 14.6 Å². The van der Waals surface area contributed by atoms with Crippen LogP contribution in [0.5, 0.6) is 5.75 Å². The maximum Gasteiger partial charge on any atom is 0.328 e. The molecule has 0 atom stereocenters. The highest BCUT2D eigenvalue weighted by molar-refractivity contribution is 5.91. The van der Waals surface area contributed by atoms with E-state index in [-0.39, 0.29) is 0 Å². The summed E-state index contributed by atoms with van der Waals surface area (Å²) in [6.07, 6.45) is 2.07. The zero-order valence-corrected chi connectivity index (χ0v) is 12.3. The molecule has 0 aliphatic carbocycles. The van der Waals surface area contributed by atoms with Gasteiger partial charge in [-0.15, -0.1) is 0 Å². The number of carboxylic acid groups (broad SMARTS) is 1. The Labute approximate surface area is 114 Å². The van der Waals surface area contributed by atoms with Crippen molar-refractivity contribution >= 4 is 11.5 Å². The van der Waals surface area contributed by atoms with Gasteiger partial charge in [-0.25, -0.2) is 4.79 Å². The molecule has 3 heteroatoms. The van der Waals surface area contributed by atoms with Crippen LogP contribution in [0.25, 0.3) is 5.57 Å². The second kappa shape index (κ2) is 6.41. The van der Waals surface area contributed by atoms with Crippen LogP contribution in [0.2, 0.25) is 0 Å². The summed E-state index contributed by atoms with van der Waals surface area (Å²) >= 11 is 0. The van der Waals surface area contributed by atoms with Gasteiger partial charge in [-0.2, -0.15) is 0 Å². The van der Waals surface area contributed by atoms with Crippen molar-refractivity contribution in [3.8, 4) is 5.75 Å². The van der Waals surface area contributed by atoms with E-state index in [1.165, 1.54) is 6.08 Å². The molecule has 19 heavy (non-hydrogen) atoms. The molecular formula is C16H22O3. The average molecular weight is 262 g/mol. The van der Waals surface area contributed by atoms with E-state index in [2.05, 4.69) is 13.8 Å². The molecule has 0 aromatic heterocycles. The van der Waals surface area contributed by atoms with Crippen LogP contribution < -0.4 is 4.74 Å². The average Bonchev–Trinajstić information content (AvgIpc) is 2.25. The van der Waals surface area contributed by atoms with E-state index in [1.807, 2.05) is 26.0 Å². The Morgan fingerprint density at radius 1 is 1.32 bits per heavy atom. The largest absolute Gasteiger partial charge is 0.497 e. The molecule has 1 aromatic carbocycles. The Morgan fingerprint density at radius 3 is 2.21 bits per heavy atom. The van der Waals surface area contributed by atoms with E-state index in [9.17, 15) is 4.79 Å². The number of rotatable bonds is 5. The van der Waals surface area contributed by atoms with Gasteiger partial charge >= 0.3 is 5.97 Å². The molecule has 0 spiro atoms. The molecule has 0 fully saturated rings. The molecule has 0 heterocycles. The monoisotopic (exact) mass is 262 g/mol. The smallest absolute Gasteiger partial charge is 0.328 e. The highest BCUT2D eigenvalue weighted by Crippen LogP contribution is 2.31. The Hall–Kier alpha value is -1.77. The Balaban J connectivity index is 3.34. The second-order valence-electron chi connectivity index (χ2n) is 5.24. The van der Waals surface area contributed by atoms with Gasteiger partial charge in [0.25, 0.3) is 0 Å². The number of benzene rings is 1. The number of carbonyl (C=O) groups is 1. The Morgan fingerprint density at radius 2 is 1.84 bits per heavy atom. The zero-order valence-electron chi connectivity index (χ0n) is 12.3. The van der Waals surface area contributed by atoms with Crippen molar-refractivity contribution in [3.63, 3.8) is 0 Å². The summed E-state index contributed by atoms with van der Waals surface area (Å²) in [5.74, 6) is 0.315. The summed E-state index contributed by atoms with van der Waals surface area (Å²) in [4.78, 5) is 11.0. The molecule has 0 saturated heterocycles. The van der Waals surface area contributed by atoms with Crippen molar-refractivity contribution in [1.82, 2.24) is 0 Å². The van der Waals surface area contributed by atoms with Crippen LogP contribution in [-0.4, -0.2) is 18.2 Å². The highest BCUT2D eigenvalue weighted by atomic mass is 16.5. The van der Waals surface area contributed by atoms with Crippen LogP contribution in [-0.2, 0) is 4.79 Å². The minimum absolute atomic E-state index is 0.409. The molecule has 3 nitrogen and oxygen atoms in total. The van der Waals surface area contributed by atoms with E-state index in [0.717, 1.165) is 34.4 Å². The summed E-state index contributed by atoms with van der Waals surface area (Å²) in [7, 11) is 1.63. The lowest BCUT2D eigenvalue weighted by Gasteiger charge is -2.16. The third-order valence-corrected chi connectivity index (χ3v) is 2.99. The summed E-state index contributed by atoms with van der Waals surface area (Å²) in [6.45, 7) is 8.15. The SMILES string of the molecule is COc1cc(C)c(/C(=C/C(=O)O)CC(C)C)c(C)c1. The fourth-order valence-corrected chi connectivity index (χ4v) is 2.37. The van der Waals surface area contributed by atoms with Gasteiger partial charge in [-0.05, 0) is 60.6 Å². The van der Waals surface area contributed by atoms with E-state index >= 15 is 0 Å². The standard InChI is InChI=1S/C16H22O3/c1-10(2)6-13(9-15(17)18)16-11(3)7-14(19-5)8-12(16)4/h7-10H,6H2,1-5H3,(H,17,18)/b13-9+. The maximum absolute atomic E-state index is 11.0. The molecule has 0 bridgehead atoms. The van der Waals surface area contributed by atoms with Gasteiger partial charge in [0.2, 0.25) is 0 Å². The van der Waals surface area contributed by atoms with Crippen LogP contribution >= 0.6 is 0 Å². The molecule has 104 valence electrons. The molecule has 0 radical (unpaired) electrons. The molecule has 1 aromatic rings. The third kappa shape index (κ3) is 4.12. The Bertz CT molecular complexity index is 476. The van der Waals surface area contributed by atoms with Gasteiger partial charge in [-0.1, -0.05) is 13.8 Å².